The number of ether oxygens (including phenoxy) is 2. The summed E-state index contributed by atoms with van der Waals surface area (Å²) in [7, 11) is -4.13. The number of carbonyl (C=O) groups is 2. The normalized spacial score (nSPS) is 18.3. The molecule has 0 atom stereocenters. The predicted octanol–water partition coefficient (Wildman–Crippen LogP) is 1.79. The number of rotatable bonds is 3. The highest BCUT2D eigenvalue weighted by Gasteiger charge is 2.44. The molecule has 0 aliphatic carbocycles. The van der Waals surface area contributed by atoms with Gasteiger partial charge in [0.05, 0.1) is 5.56 Å². The number of nitrogens with zero attached hydrogens (tertiary/aromatic N) is 1. The summed E-state index contributed by atoms with van der Waals surface area (Å²) >= 11 is 0. The molecule has 2 aliphatic rings. The van der Waals surface area contributed by atoms with Crippen molar-refractivity contribution in [2.75, 3.05) is 11.9 Å². The molecule has 0 unspecified atom stereocenters. The van der Waals surface area contributed by atoms with Crippen molar-refractivity contribution in [3.63, 3.8) is 0 Å². The Bertz CT molecular complexity index is 1090. The standard InChI is InChI=1S/C16H10F2N2O6S/c17-16(18)25-11-6-5-9(7-12(11)26-16)19-14(21)8-20-15(22)10-3-1-2-4-13(10)27(20,23)24/h1-7H,8H2,(H,19,21). The number of carbonyl (C=O) groups excluding carboxylic acids is 2. The molecule has 27 heavy (non-hydrogen) atoms. The van der Waals surface area contributed by atoms with Crippen molar-refractivity contribution in [1.82, 2.24) is 4.31 Å². The summed E-state index contributed by atoms with van der Waals surface area (Å²) in [5.74, 6) is -2.13. The molecule has 11 heteroatoms. The first-order valence-electron chi connectivity index (χ1n) is 7.53. The van der Waals surface area contributed by atoms with Crippen molar-refractivity contribution in [2.45, 2.75) is 11.2 Å². The first-order chi connectivity index (χ1) is 12.7. The molecule has 0 saturated heterocycles. The third-order valence-corrected chi connectivity index (χ3v) is 5.67. The minimum atomic E-state index is -4.13. The molecular weight excluding hydrogens is 386 g/mol. The summed E-state index contributed by atoms with van der Waals surface area (Å²) in [5.41, 5.74) is 0.0530. The second-order valence-corrected chi connectivity index (χ2v) is 7.52. The second kappa shape index (κ2) is 5.64. The fourth-order valence-corrected chi connectivity index (χ4v) is 4.27. The van der Waals surface area contributed by atoms with Crippen molar-refractivity contribution in [3.8, 4) is 11.5 Å². The number of hydrogen-bond donors (Lipinski definition) is 1. The van der Waals surface area contributed by atoms with Gasteiger partial charge in [-0.25, -0.2) is 12.7 Å². The Morgan fingerprint density at radius 2 is 1.81 bits per heavy atom. The van der Waals surface area contributed by atoms with Gasteiger partial charge in [-0.05, 0) is 24.3 Å². The molecule has 8 nitrogen and oxygen atoms in total. The van der Waals surface area contributed by atoms with Crippen molar-refractivity contribution >= 4 is 27.5 Å². The van der Waals surface area contributed by atoms with Gasteiger partial charge < -0.3 is 14.8 Å². The summed E-state index contributed by atoms with van der Waals surface area (Å²) in [5, 5.41) is 2.33. The van der Waals surface area contributed by atoms with Crippen LogP contribution in [0.3, 0.4) is 0 Å². The van der Waals surface area contributed by atoms with E-state index in [0.29, 0.717) is 4.31 Å². The number of alkyl halides is 2. The molecule has 2 aromatic carbocycles. The van der Waals surface area contributed by atoms with Gasteiger partial charge in [-0.1, -0.05) is 12.1 Å². The van der Waals surface area contributed by atoms with Gasteiger partial charge in [0, 0.05) is 11.8 Å². The molecule has 0 spiro atoms. The highest BCUT2D eigenvalue weighted by Crippen LogP contribution is 2.42. The van der Waals surface area contributed by atoms with Crippen LogP contribution in [-0.2, 0) is 14.8 Å². The van der Waals surface area contributed by atoms with Gasteiger partial charge in [0.1, 0.15) is 11.4 Å². The average molecular weight is 396 g/mol. The Kier molecular flexibility index (Phi) is 3.60. The maximum Gasteiger partial charge on any atom is 0.586 e. The number of fused-ring (bicyclic) bond motifs is 2. The molecule has 0 aromatic heterocycles. The summed E-state index contributed by atoms with van der Waals surface area (Å²) in [6, 6.07) is 9.15. The van der Waals surface area contributed by atoms with Crippen molar-refractivity contribution in [2.24, 2.45) is 0 Å². The lowest BCUT2D eigenvalue weighted by Gasteiger charge is -2.14. The molecule has 1 N–H and O–H groups in total. The minimum absolute atomic E-state index is 0.0180. The molecule has 0 bridgehead atoms. The van der Waals surface area contributed by atoms with Gasteiger partial charge in [-0.3, -0.25) is 9.59 Å². The maximum absolute atomic E-state index is 13.0. The Morgan fingerprint density at radius 3 is 2.56 bits per heavy atom. The van der Waals surface area contributed by atoms with Crippen LogP contribution in [0.4, 0.5) is 14.5 Å². The Balaban J connectivity index is 1.51. The van der Waals surface area contributed by atoms with Gasteiger partial charge in [0.15, 0.2) is 11.5 Å². The summed E-state index contributed by atoms with van der Waals surface area (Å²) in [6.45, 7) is -0.763. The Labute approximate surface area is 151 Å². The van der Waals surface area contributed by atoms with Crippen LogP contribution < -0.4 is 14.8 Å². The van der Waals surface area contributed by atoms with Crippen molar-refractivity contribution in [3.05, 3.63) is 48.0 Å². The van der Waals surface area contributed by atoms with Crippen LogP contribution in [0, 0.1) is 0 Å². The number of sulfonamides is 1. The van der Waals surface area contributed by atoms with E-state index < -0.39 is 34.7 Å². The van der Waals surface area contributed by atoms with E-state index >= 15 is 0 Å². The fraction of sp³-hybridized carbons (Fsp3) is 0.125. The monoisotopic (exact) mass is 396 g/mol. The van der Waals surface area contributed by atoms with Crippen LogP contribution in [0.15, 0.2) is 47.4 Å². The average Bonchev–Trinajstić information content (AvgIpc) is 3.00. The van der Waals surface area contributed by atoms with E-state index in [9.17, 15) is 26.8 Å². The lowest BCUT2D eigenvalue weighted by atomic mass is 10.2. The highest BCUT2D eigenvalue weighted by molar-refractivity contribution is 7.90. The molecule has 4 rings (SSSR count). The smallest absolute Gasteiger partial charge is 0.395 e. The predicted molar refractivity (Wildman–Crippen MR) is 85.9 cm³/mol. The largest absolute Gasteiger partial charge is 0.586 e. The van der Waals surface area contributed by atoms with E-state index in [2.05, 4.69) is 14.8 Å². The second-order valence-electron chi connectivity index (χ2n) is 5.69. The minimum Gasteiger partial charge on any atom is -0.395 e. The zero-order chi connectivity index (χ0) is 19.4. The number of anilines is 1. The molecule has 0 radical (unpaired) electrons. The molecule has 2 aromatic rings. The molecule has 2 aliphatic heterocycles. The van der Waals surface area contributed by atoms with Gasteiger partial charge in [-0.2, -0.15) is 0 Å². The number of amides is 2. The first-order valence-corrected chi connectivity index (χ1v) is 8.97. The van der Waals surface area contributed by atoms with Crippen molar-refractivity contribution in [1.29, 1.82) is 0 Å². The van der Waals surface area contributed by atoms with Crippen molar-refractivity contribution < 1.29 is 36.3 Å². The summed E-state index contributed by atoms with van der Waals surface area (Å²) in [4.78, 5) is 24.3. The van der Waals surface area contributed by atoms with E-state index in [1.807, 2.05) is 0 Å². The first kappa shape index (κ1) is 17.2. The Hall–Kier alpha value is -3.21. The van der Waals surface area contributed by atoms with E-state index in [1.165, 1.54) is 36.4 Å². The highest BCUT2D eigenvalue weighted by atomic mass is 32.2. The van der Waals surface area contributed by atoms with Crippen LogP contribution in [0.5, 0.6) is 11.5 Å². The quantitative estimate of drug-likeness (QED) is 0.849. The molecule has 0 saturated carbocycles. The molecule has 2 amide bonds. The summed E-state index contributed by atoms with van der Waals surface area (Å²) in [6.07, 6.45) is -3.80. The van der Waals surface area contributed by atoms with Crippen LogP contribution in [0.1, 0.15) is 10.4 Å². The van der Waals surface area contributed by atoms with E-state index in [-0.39, 0.29) is 27.6 Å². The SMILES string of the molecule is O=C(CN1C(=O)c2ccccc2S1(=O)=O)Nc1ccc2c(c1)OC(F)(F)O2. The van der Waals surface area contributed by atoms with E-state index in [1.54, 1.807) is 0 Å². The van der Waals surface area contributed by atoms with E-state index in [0.717, 1.165) is 6.07 Å². The van der Waals surface area contributed by atoms with Gasteiger partial charge >= 0.3 is 6.29 Å². The fourth-order valence-electron chi connectivity index (χ4n) is 2.74. The van der Waals surface area contributed by atoms with Crippen LogP contribution >= 0.6 is 0 Å². The summed E-state index contributed by atoms with van der Waals surface area (Å²) < 4.78 is 59.8. The Morgan fingerprint density at radius 1 is 1.11 bits per heavy atom. The molecule has 0 fully saturated rings. The zero-order valence-electron chi connectivity index (χ0n) is 13.3. The number of nitrogens with one attached hydrogen (secondary N) is 1. The topological polar surface area (TPSA) is 102 Å². The number of hydrogen-bond acceptors (Lipinski definition) is 6. The lowest BCUT2D eigenvalue weighted by Crippen LogP contribution is -2.37. The third kappa shape index (κ3) is 2.85. The third-order valence-electron chi connectivity index (χ3n) is 3.88. The van der Waals surface area contributed by atoms with Gasteiger partial charge in [-0.15, -0.1) is 8.78 Å². The molecule has 2 heterocycles. The van der Waals surface area contributed by atoms with E-state index in [4.69, 9.17) is 0 Å². The number of benzene rings is 2. The van der Waals surface area contributed by atoms with Crippen LogP contribution in [0.2, 0.25) is 0 Å². The van der Waals surface area contributed by atoms with Crippen LogP contribution in [0.25, 0.3) is 0 Å². The van der Waals surface area contributed by atoms with Gasteiger partial charge in [0.2, 0.25) is 5.91 Å². The maximum atomic E-state index is 13.0. The van der Waals surface area contributed by atoms with Crippen LogP contribution in [-0.4, -0.2) is 37.4 Å². The zero-order valence-corrected chi connectivity index (χ0v) is 14.1. The molecular formula is C16H10F2N2O6S. The number of halogens is 2. The van der Waals surface area contributed by atoms with Gasteiger partial charge in [0.25, 0.3) is 15.9 Å². The lowest BCUT2D eigenvalue weighted by molar-refractivity contribution is -0.286. The molecule has 140 valence electrons.